The Kier molecular flexibility index (Phi) is 6.03. The molecule has 2 aromatic rings. The Balaban J connectivity index is 1.31. The third-order valence-electron chi connectivity index (χ3n) is 8.91. The van der Waals surface area contributed by atoms with Gasteiger partial charge in [-0.15, -0.1) is 0 Å². The summed E-state index contributed by atoms with van der Waals surface area (Å²) in [5, 5.41) is 0. The number of rotatable bonds is 4. The Hall–Kier alpha value is -2.62. The van der Waals surface area contributed by atoms with Gasteiger partial charge in [0.2, 0.25) is 11.8 Å². The van der Waals surface area contributed by atoms with Crippen LogP contribution in [0, 0.1) is 19.3 Å². The molecule has 1 saturated carbocycles. The molecule has 0 radical (unpaired) electrons. The van der Waals surface area contributed by atoms with Gasteiger partial charge in [-0.2, -0.15) is 0 Å². The van der Waals surface area contributed by atoms with Gasteiger partial charge < -0.3 is 9.80 Å². The lowest BCUT2D eigenvalue weighted by Crippen LogP contribution is -2.52. The van der Waals surface area contributed by atoms with Gasteiger partial charge in [0.05, 0.1) is 10.8 Å². The van der Waals surface area contributed by atoms with E-state index < -0.39 is 0 Å². The van der Waals surface area contributed by atoms with Crippen molar-refractivity contribution in [3.05, 3.63) is 70.8 Å². The van der Waals surface area contributed by atoms with Crippen LogP contribution in [-0.4, -0.2) is 47.8 Å². The molecule has 4 nitrogen and oxygen atoms in total. The summed E-state index contributed by atoms with van der Waals surface area (Å²) in [6.07, 6.45) is 7.49. The number of carbonyl (C=O) groups excluding carboxylic acids is 2. The molecular formula is C30H38N2O2. The van der Waals surface area contributed by atoms with Crippen molar-refractivity contribution in [2.45, 2.75) is 76.7 Å². The van der Waals surface area contributed by atoms with Crippen LogP contribution in [0.25, 0.3) is 0 Å². The van der Waals surface area contributed by atoms with Gasteiger partial charge in [0.1, 0.15) is 0 Å². The number of likely N-dealkylation sites (tertiary alicyclic amines) is 2. The van der Waals surface area contributed by atoms with Crippen molar-refractivity contribution in [1.29, 1.82) is 0 Å². The SMILES string of the molecule is Cc1cc(C)cc(C2(C(=O)N3CCC4(CC3)CC(Cc3ccccc3)N(C)C4=O)CCCC2)c1. The lowest BCUT2D eigenvalue weighted by Gasteiger charge is -2.42. The second kappa shape index (κ2) is 8.87. The molecule has 3 fully saturated rings. The number of aryl methyl sites for hydroxylation is 2. The molecule has 3 aliphatic rings. The van der Waals surface area contributed by atoms with E-state index in [0.29, 0.717) is 19.0 Å². The summed E-state index contributed by atoms with van der Waals surface area (Å²) in [6.45, 7) is 5.65. The highest BCUT2D eigenvalue weighted by Gasteiger charge is 2.53. The molecule has 1 atom stereocenters. The van der Waals surface area contributed by atoms with Crippen LogP contribution in [-0.2, 0) is 21.4 Å². The standard InChI is InChI=1S/C30H38N2O2/c1-22-17-23(2)19-25(18-22)30(11-7-8-12-30)28(34)32-15-13-29(14-16-32)21-26(31(3)27(29)33)20-24-9-5-4-6-10-24/h4-6,9-10,17-19,26H,7-8,11-16,20-21H2,1-3H3. The number of likely N-dealkylation sites (N-methyl/N-ethyl adjacent to an activating group) is 1. The van der Waals surface area contributed by atoms with Gasteiger partial charge in [0.15, 0.2) is 0 Å². The third-order valence-corrected chi connectivity index (χ3v) is 8.91. The predicted octanol–water partition coefficient (Wildman–Crippen LogP) is 5.20. The van der Waals surface area contributed by atoms with Crippen LogP contribution in [0.2, 0.25) is 0 Å². The van der Waals surface area contributed by atoms with E-state index in [0.717, 1.165) is 51.4 Å². The first-order valence-electron chi connectivity index (χ1n) is 13.0. The maximum Gasteiger partial charge on any atom is 0.233 e. The molecule has 2 aromatic carbocycles. The molecule has 2 aliphatic heterocycles. The number of hydrogen-bond donors (Lipinski definition) is 0. The van der Waals surface area contributed by atoms with Crippen LogP contribution in [0.5, 0.6) is 0 Å². The van der Waals surface area contributed by atoms with E-state index in [1.165, 1.54) is 22.3 Å². The fraction of sp³-hybridized carbons (Fsp3) is 0.533. The Labute approximate surface area is 204 Å². The van der Waals surface area contributed by atoms with E-state index in [1.807, 2.05) is 18.0 Å². The van der Waals surface area contributed by atoms with Crippen LogP contribution >= 0.6 is 0 Å². The summed E-state index contributed by atoms with van der Waals surface area (Å²) in [5.41, 5.74) is 4.27. The largest absolute Gasteiger partial charge is 0.342 e. The number of benzene rings is 2. The zero-order chi connectivity index (χ0) is 23.9. The minimum atomic E-state index is -0.381. The monoisotopic (exact) mass is 458 g/mol. The fourth-order valence-electron chi connectivity index (χ4n) is 7.02. The topological polar surface area (TPSA) is 40.6 Å². The average molecular weight is 459 g/mol. The van der Waals surface area contributed by atoms with Crippen molar-refractivity contribution in [3.63, 3.8) is 0 Å². The zero-order valence-electron chi connectivity index (χ0n) is 21.0. The van der Waals surface area contributed by atoms with Crippen LogP contribution in [0.4, 0.5) is 0 Å². The van der Waals surface area contributed by atoms with Crippen molar-refractivity contribution in [2.75, 3.05) is 20.1 Å². The van der Waals surface area contributed by atoms with Gasteiger partial charge in [0.25, 0.3) is 0 Å². The van der Waals surface area contributed by atoms with Crippen molar-refractivity contribution in [2.24, 2.45) is 5.41 Å². The molecule has 0 aromatic heterocycles. The predicted molar refractivity (Wildman–Crippen MR) is 136 cm³/mol. The average Bonchev–Trinajstić information content (AvgIpc) is 3.41. The normalized spacial score (nSPS) is 23.6. The molecule has 1 spiro atoms. The lowest BCUT2D eigenvalue weighted by atomic mass is 9.73. The second-order valence-corrected chi connectivity index (χ2v) is 11.2. The molecule has 2 saturated heterocycles. The Bertz CT molecular complexity index is 1040. The summed E-state index contributed by atoms with van der Waals surface area (Å²) in [5.74, 6) is 0.579. The van der Waals surface area contributed by atoms with E-state index in [-0.39, 0.29) is 22.8 Å². The van der Waals surface area contributed by atoms with Gasteiger partial charge >= 0.3 is 0 Å². The van der Waals surface area contributed by atoms with Gasteiger partial charge in [-0.1, -0.05) is 72.5 Å². The molecule has 1 unspecified atom stereocenters. The summed E-state index contributed by atoms with van der Waals surface area (Å²) >= 11 is 0. The van der Waals surface area contributed by atoms with Crippen molar-refractivity contribution >= 4 is 11.8 Å². The summed E-state index contributed by atoms with van der Waals surface area (Å²) in [7, 11) is 1.97. The number of amides is 2. The second-order valence-electron chi connectivity index (χ2n) is 11.2. The Morgan fingerprint density at radius 2 is 1.56 bits per heavy atom. The maximum atomic E-state index is 14.0. The molecule has 5 rings (SSSR count). The van der Waals surface area contributed by atoms with E-state index in [2.05, 4.69) is 61.2 Å². The molecule has 34 heavy (non-hydrogen) atoms. The minimum Gasteiger partial charge on any atom is -0.342 e. The van der Waals surface area contributed by atoms with Gasteiger partial charge in [0, 0.05) is 26.2 Å². The lowest BCUT2D eigenvalue weighted by molar-refractivity contribution is -0.145. The van der Waals surface area contributed by atoms with Crippen molar-refractivity contribution in [1.82, 2.24) is 9.80 Å². The molecular weight excluding hydrogens is 420 g/mol. The Morgan fingerprint density at radius 3 is 2.18 bits per heavy atom. The van der Waals surface area contributed by atoms with E-state index in [9.17, 15) is 9.59 Å². The summed E-state index contributed by atoms with van der Waals surface area (Å²) < 4.78 is 0. The molecule has 1 aliphatic carbocycles. The van der Waals surface area contributed by atoms with Crippen LogP contribution in [0.15, 0.2) is 48.5 Å². The minimum absolute atomic E-state index is 0.244. The molecule has 2 amide bonds. The number of nitrogens with zero attached hydrogens (tertiary/aromatic N) is 2. The number of carbonyl (C=O) groups is 2. The zero-order valence-corrected chi connectivity index (χ0v) is 21.0. The number of piperidine rings is 1. The van der Waals surface area contributed by atoms with Gasteiger partial charge in [-0.05, 0) is 63.5 Å². The number of hydrogen-bond acceptors (Lipinski definition) is 2. The fourth-order valence-corrected chi connectivity index (χ4v) is 7.02. The smallest absolute Gasteiger partial charge is 0.233 e. The molecule has 4 heteroatoms. The molecule has 2 heterocycles. The van der Waals surface area contributed by atoms with Crippen LogP contribution < -0.4 is 0 Å². The molecule has 180 valence electrons. The van der Waals surface area contributed by atoms with E-state index in [4.69, 9.17) is 0 Å². The van der Waals surface area contributed by atoms with E-state index >= 15 is 0 Å². The first-order chi connectivity index (χ1) is 16.3. The highest BCUT2D eigenvalue weighted by molar-refractivity contribution is 5.90. The van der Waals surface area contributed by atoms with Crippen LogP contribution in [0.1, 0.15) is 67.2 Å². The van der Waals surface area contributed by atoms with Crippen molar-refractivity contribution in [3.8, 4) is 0 Å². The van der Waals surface area contributed by atoms with Gasteiger partial charge in [-0.25, -0.2) is 0 Å². The van der Waals surface area contributed by atoms with Crippen molar-refractivity contribution < 1.29 is 9.59 Å². The summed E-state index contributed by atoms with van der Waals surface area (Å²) in [4.78, 5) is 31.5. The first-order valence-corrected chi connectivity index (χ1v) is 13.0. The van der Waals surface area contributed by atoms with E-state index in [1.54, 1.807) is 0 Å². The summed E-state index contributed by atoms with van der Waals surface area (Å²) in [6, 6.07) is 17.4. The molecule has 0 N–H and O–H groups in total. The third kappa shape index (κ3) is 3.95. The molecule has 0 bridgehead atoms. The van der Waals surface area contributed by atoms with Crippen LogP contribution in [0.3, 0.4) is 0 Å². The highest BCUT2D eigenvalue weighted by Crippen LogP contribution is 2.47. The maximum absolute atomic E-state index is 14.0. The van der Waals surface area contributed by atoms with Gasteiger partial charge in [-0.3, -0.25) is 9.59 Å². The quantitative estimate of drug-likeness (QED) is 0.632. The first kappa shape index (κ1) is 23.1. The Morgan fingerprint density at radius 1 is 0.941 bits per heavy atom. The highest BCUT2D eigenvalue weighted by atomic mass is 16.2.